The van der Waals surface area contributed by atoms with Gasteiger partial charge < -0.3 is 10.2 Å². The van der Waals surface area contributed by atoms with Crippen LogP contribution in [-0.2, 0) is 20.8 Å². The number of aliphatic hydroxyl groups is 1. The average Bonchev–Trinajstić information content (AvgIpc) is 2.79. The molecule has 2 aromatic carbocycles. The molecule has 0 aromatic heterocycles. The lowest BCUT2D eigenvalue weighted by Crippen LogP contribution is -2.44. The van der Waals surface area contributed by atoms with Crippen molar-refractivity contribution in [3.05, 3.63) is 70.3 Å². The first-order valence-electron chi connectivity index (χ1n) is 10.9. The fourth-order valence-electron chi connectivity index (χ4n) is 5.51. The van der Waals surface area contributed by atoms with Crippen LogP contribution in [0.2, 0.25) is 0 Å². The van der Waals surface area contributed by atoms with Gasteiger partial charge in [-0.15, -0.1) is 0 Å². The van der Waals surface area contributed by atoms with Crippen molar-refractivity contribution in [3.8, 4) is 16.9 Å². The zero-order chi connectivity index (χ0) is 23.4. The molecule has 0 saturated heterocycles. The van der Waals surface area contributed by atoms with Crippen LogP contribution in [0.15, 0.2) is 53.6 Å². The summed E-state index contributed by atoms with van der Waals surface area (Å²) >= 11 is 0. The Morgan fingerprint density at radius 2 is 1.76 bits per heavy atom. The summed E-state index contributed by atoms with van der Waals surface area (Å²) in [6, 6.07) is 10.4. The van der Waals surface area contributed by atoms with E-state index in [1.165, 1.54) is 6.92 Å². The van der Waals surface area contributed by atoms with Crippen LogP contribution in [0.1, 0.15) is 41.3 Å². The van der Waals surface area contributed by atoms with Gasteiger partial charge in [-0.2, -0.15) is 0 Å². The number of fused-ring (bicyclic) bond motifs is 3. The van der Waals surface area contributed by atoms with Crippen molar-refractivity contribution in [3.63, 3.8) is 0 Å². The highest BCUT2D eigenvalue weighted by molar-refractivity contribution is 6.24. The summed E-state index contributed by atoms with van der Waals surface area (Å²) in [4.78, 5) is 48.8. The van der Waals surface area contributed by atoms with Gasteiger partial charge in [0.25, 0.3) is 0 Å². The fourth-order valence-corrected chi connectivity index (χ4v) is 5.51. The molecule has 33 heavy (non-hydrogen) atoms. The molecule has 5 rings (SSSR count). The zero-order valence-electron chi connectivity index (χ0n) is 18.0. The minimum atomic E-state index is -0.963. The third kappa shape index (κ3) is 3.17. The number of aldehydes is 1. The lowest BCUT2D eigenvalue weighted by atomic mass is 9.61. The predicted molar refractivity (Wildman–Crippen MR) is 121 cm³/mol. The molecule has 3 aliphatic carbocycles. The van der Waals surface area contributed by atoms with Gasteiger partial charge in [0.2, 0.25) is 0 Å². The molecule has 166 valence electrons. The maximum Gasteiger partial charge on any atom is 0.176 e. The number of carbonyl (C=O) groups is 4. The van der Waals surface area contributed by atoms with E-state index < -0.39 is 17.5 Å². The summed E-state index contributed by atoms with van der Waals surface area (Å²) in [6.07, 6.45) is 3.59. The van der Waals surface area contributed by atoms with Crippen molar-refractivity contribution >= 4 is 29.4 Å². The lowest BCUT2D eigenvalue weighted by Gasteiger charge is -2.40. The van der Waals surface area contributed by atoms with Crippen LogP contribution in [0.5, 0.6) is 5.75 Å². The van der Waals surface area contributed by atoms with Crippen molar-refractivity contribution in [2.24, 2.45) is 17.8 Å². The Bertz CT molecular complexity index is 1290. The Kier molecular flexibility index (Phi) is 4.89. The van der Waals surface area contributed by atoms with E-state index in [1.807, 2.05) is 6.07 Å². The van der Waals surface area contributed by atoms with Gasteiger partial charge in [-0.05, 0) is 49.1 Å². The molecule has 0 heterocycles. The Labute approximate surface area is 190 Å². The molecule has 0 radical (unpaired) electrons. The molecular formula is C27H22O6. The highest BCUT2D eigenvalue weighted by Gasteiger charge is 2.49. The van der Waals surface area contributed by atoms with Gasteiger partial charge in [0, 0.05) is 16.7 Å². The Hall–Kier alpha value is -3.80. The van der Waals surface area contributed by atoms with E-state index >= 15 is 0 Å². The largest absolute Gasteiger partial charge is 0.507 e. The van der Waals surface area contributed by atoms with Gasteiger partial charge in [-0.3, -0.25) is 19.2 Å². The highest BCUT2D eigenvalue weighted by atomic mass is 16.3. The van der Waals surface area contributed by atoms with Crippen LogP contribution >= 0.6 is 0 Å². The van der Waals surface area contributed by atoms with E-state index in [1.54, 1.807) is 36.4 Å². The standard InChI is InChI=1S/C27H22O6/c1-13(29)14-2-4-15(5-3-14)20-9-8-17-11-19-10-16-6-7-18(12-28)24(30)21(16)26(32)23(19)27(33)22(17)25(20)31/h2-5,7-9,12,16,19,21,31,33H,6,10-11H2,1H3. The molecule has 6 nitrogen and oxygen atoms in total. The van der Waals surface area contributed by atoms with Gasteiger partial charge in [-0.25, -0.2) is 0 Å². The maximum atomic E-state index is 13.4. The van der Waals surface area contributed by atoms with Crippen LogP contribution in [0.4, 0.5) is 0 Å². The second-order valence-corrected chi connectivity index (χ2v) is 9.01. The molecule has 3 aliphatic rings. The third-order valence-corrected chi connectivity index (χ3v) is 7.17. The highest BCUT2D eigenvalue weighted by Crippen LogP contribution is 2.50. The zero-order valence-corrected chi connectivity index (χ0v) is 18.0. The summed E-state index contributed by atoms with van der Waals surface area (Å²) in [5.41, 5.74) is 2.80. The molecule has 6 heteroatoms. The van der Waals surface area contributed by atoms with E-state index in [0.29, 0.717) is 42.2 Å². The average molecular weight is 442 g/mol. The molecule has 2 aromatic rings. The summed E-state index contributed by atoms with van der Waals surface area (Å²) in [5.74, 6) is -2.84. The molecule has 1 saturated carbocycles. The summed E-state index contributed by atoms with van der Waals surface area (Å²) < 4.78 is 0. The molecule has 0 aliphatic heterocycles. The van der Waals surface area contributed by atoms with E-state index in [9.17, 15) is 29.4 Å². The number of benzene rings is 2. The number of hydrogen-bond acceptors (Lipinski definition) is 6. The van der Waals surface area contributed by atoms with E-state index in [0.717, 1.165) is 5.56 Å². The van der Waals surface area contributed by atoms with Gasteiger partial charge >= 0.3 is 0 Å². The number of ketones is 3. The molecule has 1 fully saturated rings. The van der Waals surface area contributed by atoms with Crippen LogP contribution in [0.3, 0.4) is 0 Å². The Balaban J connectivity index is 1.59. The molecule has 0 spiro atoms. The van der Waals surface area contributed by atoms with Crippen LogP contribution < -0.4 is 0 Å². The normalized spacial score (nSPS) is 23.9. The fraction of sp³-hybridized carbons (Fsp3) is 0.259. The Morgan fingerprint density at radius 1 is 1.03 bits per heavy atom. The van der Waals surface area contributed by atoms with Crippen molar-refractivity contribution in [2.45, 2.75) is 26.2 Å². The van der Waals surface area contributed by atoms with Crippen LogP contribution in [-0.4, -0.2) is 33.8 Å². The predicted octanol–water partition coefficient (Wildman–Crippen LogP) is 4.01. The van der Waals surface area contributed by atoms with Gasteiger partial charge in [0.15, 0.2) is 23.6 Å². The number of hydrogen-bond donors (Lipinski definition) is 2. The number of Topliss-reactive ketones (excluding diaryl/α,β-unsaturated/α-hetero) is 3. The van der Waals surface area contributed by atoms with E-state index in [2.05, 4.69) is 0 Å². The third-order valence-electron chi connectivity index (χ3n) is 7.17. The van der Waals surface area contributed by atoms with E-state index in [4.69, 9.17) is 0 Å². The second-order valence-electron chi connectivity index (χ2n) is 9.01. The lowest BCUT2D eigenvalue weighted by molar-refractivity contribution is -0.133. The van der Waals surface area contributed by atoms with Crippen molar-refractivity contribution in [1.82, 2.24) is 0 Å². The molecule has 2 N–H and O–H groups in total. The topological polar surface area (TPSA) is 109 Å². The Morgan fingerprint density at radius 3 is 2.42 bits per heavy atom. The number of phenolic OH excluding ortho intramolecular Hbond substituents is 1. The maximum absolute atomic E-state index is 13.4. The quantitative estimate of drug-likeness (QED) is 0.322. The van der Waals surface area contributed by atoms with Crippen molar-refractivity contribution in [1.29, 1.82) is 0 Å². The second kappa shape index (κ2) is 7.66. The first-order chi connectivity index (χ1) is 15.8. The first kappa shape index (κ1) is 21.1. The molecular weight excluding hydrogens is 420 g/mol. The summed E-state index contributed by atoms with van der Waals surface area (Å²) in [7, 11) is 0. The van der Waals surface area contributed by atoms with Gasteiger partial charge in [0.1, 0.15) is 11.5 Å². The molecule has 3 atom stereocenters. The minimum absolute atomic E-state index is 0.0125. The molecule has 3 unspecified atom stereocenters. The monoisotopic (exact) mass is 442 g/mol. The number of rotatable bonds is 3. The number of allylic oxidation sites excluding steroid dienone is 3. The first-order valence-corrected chi connectivity index (χ1v) is 10.9. The molecule has 0 bridgehead atoms. The number of carbonyl (C=O) groups excluding carboxylic acids is 4. The number of aromatic hydroxyl groups is 1. The smallest absolute Gasteiger partial charge is 0.176 e. The molecule has 0 amide bonds. The van der Waals surface area contributed by atoms with Crippen molar-refractivity contribution < 1.29 is 29.4 Å². The van der Waals surface area contributed by atoms with Gasteiger partial charge in [0.05, 0.1) is 17.1 Å². The summed E-state index contributed by atoms with van der Waals surface area (Å²) in [6.45, 7) is 1.47. The summed E-state index contributed by atoms with van der Waals surface area (Å²) in [5, 5.41) is 22.2. The number of phenols is 1. The number of aliphatic hydroxyl groups excluding tert-OH is 1. The SMILES string of the molecule is CC(=O)c1ccc(-c2ccc3c(c2O)C(O)=C2C(=O)C4C(=O)C(C=O)=CCC4CC2C3)cc1. The van der Waals surface area contributed by atoms with Gasteiger partial charge in [-0.1, -0.05) is 42.5 Å². The van der Waals surface area contributed by atoms with E-state index in [-0.39, 0.29) is 45.8 Å². The minimum Gasteiger partial charge on any atom is -0.507 e. The van der Waals surface area contributed by atoms with Crippen LogP contribution in [0.25, 0.3) is 16.9 Å². The van der Waals surface area contributed by atoms with Crippen LogP contribution in [0, 0.1) is 17.8 Å². The van der Waals surface area contributed by atoms with Crippen molar-refractivity contribution in [2.75, 3.05) is 0 Å².